The molecule has 0 saturated carbocycles. The SMILES string of the molecule is O=c1[nH]nc(-c2ccc(F)cc2C(F)(F)F)[nH]1. The van der Waals surface area contributed by atoms with Crippen molar-refractivity contribution in [3.05, 3.63) is 40.1 Å². The van der Waals surface area contributed by atoms with Gasteiger partial charge in [-0.15, -0.1) is 0 Å². The van der Waals surface area contributed by atoms with E-state index < -0.39 is 28.8 Å². The highest BCUT2D eigenvalue weighted by molar-refractivity contribution is 5.60. The van der Waals surface area contributed by atoms with Gasteiger partial charge in [-0.05, 0) is 18.2 Å². The summed E-state index contributed by atoms with van der Waals surface area (Å²) in [6, 6.07) is 2.12. The molecular weight excluding hydrogens is 242 g/mol. The Bertz CT molecular complexity index is 599. The van der Waals surface area contributed by atoms with E-state index in [9.17, 15) is 22.4 Å². The summed E-state index contributed by atoms with van der Waals surface area (Å²) < 4.78 is 50.7. The minimum absolute atomic E-state index is 0.290. The highest BCUT2D eigenvalue weighted by Crippen LogP contribution is 2.35. The second-order valence-electron chi connectivity index (χ2n) is 3.21. The Kier molecular flexibility index (Phi) is 2.49. The van der Waals surface area contributed by atoms with Gasteiger partial charge in [0.05, 0.1) is 5.56 Å². The molecule has 0 bridgehead atoms. The van der Waals surface area contributed by atoms with Crippen LogP contribution in [0.5, 0.6) is 0 Å². The van der Waals surface area contributed by atoms with Crippen LogP contribution in [0.25, 0.3) is 11.4 Å². The lowest BCUT2D eigenvalue weighted by Gasteiger charge is -2.10. The lowest BCUT2D eigenvalue weighted by atomic mass is 10.1. The normalized spacial score (nSPS) is 11.8. The molecular formula is C9H5F4N3O. The van der Waals surface area contributed by atoms with Gasteiger partial charge in [-0.2, -0.15) is 18.3 Å². The van der Waals surface area contributed by atoms with Gasteiger partial charge < -0.3 is 0 Å². The van der Waals surface area contributed by atoms with E-state index in [0.29, 0.717) is 6.07 Å². The molecule has 0 atom stereocenters. The monoisotopic (exact) mass is 247 g/mol. The Morgan fingerprint density at radius 3 is 2.47 bits per heavy atom. The van der Waals surface area contributed by atoms with E-state index in [1.54, 1.807) is 0 Å². The van der Waals surface area contributed by atoms with Crippen LogP contribution in [0.3, 0.4) is 0 Å². The van der Waals surface area contributed by atoms with Gasteiger partial charge in [0.1, 0.15) is 5.82 Å². The summed E-state index contributed by atoms with van der Waals surface area (Å²) in [5.41, 5.74) is -2.32. The van der Waals surface area contributed by atoms with Crippen molar-refractivity contribution in [2.75, 3.05) is 0 Å². The first-order chi connectivity index (χ1) is 7.88. The largest absolute Gasteiger partial charge is 0.417 e. The Morgan fingerprint density at radius 2 is 1.94 bits per heavy atom. The van der Waals surface area contributed by atoms with E-state index >= 15 is 0 Å². The fourth-order valence-electron chi connectivity index (χ4n) is 1.36. The van der Waals surface area contributed by atoms with Gasteiger partial charge in [-0.25, -0.2) is 14.3 Å². The molecule has 8 heteroatoms. The molecule has 0 amide bonds. The maximum Gasteiger partial charge on any atom is 0.417 e. The first kappa shape index (κ1) is 11.4. The molecule has 0 spiro atoms. The summed E-state index contributed by atoms with van der Waals surface area (Å²) in [6.45, 7) is 0. The van der Waals surface area contributed by atoms with Crippen LogP contribution in [-0.4, -0.2) is 15.2 Å². The number of alkyl halides is 3. The predicted octanol–water partition coefficient (Wildman–Crippen LogP) is 1.92. The van der Waals surface area contributed by atoms with Crippen LogP contribution in [0, 0.1) is 5.82 Å². The number of hydrogen-bond acceptors (Lipinski definition) is 2. The molecule has 90 valence electrons. The number of benzene rings is 1. The number of aromatic nitrogens is 3. The number of hydrogen-bond donors (Lipinski definition) is 2. The van der Waals surface area contributed by atoms with E-state index in [2.05, 4.69) is 10.1 Å². The Labute approximate surface area is 91.3 Å². The second kappa shape index (κ2) is 3.72. The van der Waals surface area contributed by atoms with Gasteiger partial charge in [-0.3, -0.25) is 4.98 Å². The average molecular weight is 247 g/mol. The summed E-state index contributed by atoms with van der Waals surface area (Å²) in [5, 5.41) is 5.31. The quantitative estimate of drug-likeness (QED) is 0.756. The molecule has 0 aliphatic heterocycles. The lowest BCUT2D eigenvalue weighted by molar-refractivity contribution is -0.137. The Morgan fingerprint density at radius 1 is 1.24 bits per heavy atom. The lowest BCUT2D eigenvalue weighted by Crippen LogP contribution is -2.08. The number of H-pyrrole nitrogens is 2. The van der Waals surface area contributed by atoms with Gasteiger partial charge in [0.25, 0.3) is 0 Å². The maximum atomic E-state index is 12.8. The van der Waals surface area contributed by atoms with Crippen LogP contribution in [0.2, 0.25) is 0 Å². The van der Waals surface area contributed by atoms with Crippen molar-refractivity contribution in [1.29, 1.82) is 0 Å². The van der Waals surface area contributed by atoms with Gasteiger partial charge >= 0.3 is 11.9 Å². The first-order valence-corrected chi connectivity index (χ1v) is 4.40. The number of rotatable bonds is 1. The molecule has 1 aromatic heterocycles. The molecule has 0 saturated heterocycles. The molecule has 0 aliphatic carbocycles. The summed E-state index contributed by atoms with van der Waals surface area (Å²) in [4.78, 5) is 12.8. The van der Waals surface area contributed by atoms with Crippen molar-refractivity contribution in [2.24, 2.45) is 0 Å². The molecule has 2 aromatic rings. The van der Waals surface area contributed by atoms with E-state index in [-0.39, 0.29) is 5.82 Å². The highest BCUT2D eigenvalue weighted by atomic mass is 19.4. The average Bonchev–Trinajstić information content (AvgIpc) is 2.63. The third kappa shape index (κ3) is 2.19. The molecule has 4 nitrogen and oxygen atoms in total. The van der Waals surface area contributed by atoms with Gasteiger partial charge in [0, 0.05) is 5.56 Å². The van der Waals surface area contributed by atoms with E-state index in [0.717, 1.165) is 12.1 Å². The van der Waals surface area contributed by atoms with Crippen LogP contribution >= 0.6 is 0 Å². The summed E-state index contributed by atoms with van der Waals surface area (Å²) in [7, 11) is 0. The molecule has 1 heterocycles. The van der Waals surface area contributed by atoms with Crippen LogP contribution < -0.4 is 5.69 Å². The van der Waals surface area contributed by atoms with Crippen molar-refractivity contribution in [3.63, 3.8) is 0 Å². The van der Waals surface area contributed by atoms with Crippen LogP contribution in [0.4, 0.5) is 17.6 Å². The maximum absolute atomic E-state index is 12.8. The minimum atomic E-state index is -4.73. The summed E-state index contributed by atoms with van der Waals surface area (Å²) in [5.74, 6) is -1.30. The second-order valence-corrected chi connectivity index (χ2v) is 3.21. The molecule has 17 heavy (non-hydrogen) atoms. The topological polar surface area (TPSA) is 61.5 Å². The van der Waals surface area contributed by atoms with Crippen LogP contribution in [-0.2, 0) is 6.18 Å². The zero-order valence-corrected chi connectivity index (χ0v) is 8.10. The standard InChI is InChI=1S/C9H5F4N3O/c10-4-1-2-5(6(3-4)9(11,12)13)7-14-8(17)16-15-7/h1-3H,(H2,14,15,16,17). The number of halogens is 4. The van der Waals surface area contributed by atoms with E-state index in [1.807, 2.05) is 5.10 Å². The van der Waals surface area contributed by atoms with Crippen LogP contribution in [0.15, 0.2) is 23.0 Å². The molecule has 0 fully saturated rings. The van der Waals surface area contributed by atoms with Gasteiger partial charge in [0.2, 0.25) is 0 Å². The van der Waals surface area contributed by atoms with Crippen molar-refractivity contribution in [2.45, 2.75) is 6.18 Å². The molecule has 0 unspecified atom stereocenters. The third-order valence-corrected chi connectivity index (χ3v) is 2.04. The number of nitrogens with zero attached hydrogens (tertiary/aromatic N) is 1. The smallest absolute Gasteiger partial charge is 0.289 e. The fraction of sp³-hybridized carbons (Fsp3) is 0.111. The Balaban J connectivity index is 2.65. The van der Waals surface area contributed by atoms with Gasteiger partial charge in [0.15, 0.2) is 5.82 Å². The Hall–Kier alpha value is -2.12. The fourth-order valence-corrected chi connectivity index (χ4v) is 1.36. The minimum Gasteiger partial charge on any atom is -0.289 e. The molecule has 1 aromatic carbocycles. The third-order valence-electron chi connectivity index (χ3n) is 2.04. The summed E-state index contributed by atoms with van der Waals surface area (Å²) >= 11 is 0. The predicted molar refractivity (Wildman–Crippen MR) is 49.6 cm³/mol. The van der Waals surface area contributed by atoms with Crippen molar-refractivity contribution < 1.29 is 17.6 Å². The molecule has 0 radical (unpaired) electrons. The first-order valence-electron chi connectivity index (χ1n) is 4.40. The highest BCUT2D eigenvalue weighted by Gasteiger charge is 2.34. The van der Waals surface area contributed by atoms with Crippen molar-refractivity contribution >= 4 is 0 Å². The number of nitrogens with one attached hydrogen (secondary N) is 2. The summed E-state index contributed by atoms with van der Waals surface area (Å²) in [6.07, 6.45) is -4.73. The van der Waals surface area contributed by atoms with Crippen molar-refractivity contribution in [3.8, 4) is 11.4 Å². The van der Waals surface area contributed by atoms with E-state index in [4.69, 9.17) is 0 Å². The van der Waals surface area contributed by atoms with Crippen molar-refractivity contribution in [1.82, 2.24) is 15.2 Å². The molecule has 2 N–H and O–H groups in total. The van der Waals surface area contributed by atoms with E-state index in [1.165, 1.54) is 0 Å². The zero-order valence-electron chi connectivity index (χ0n) is 8.10. The molecule has 0 aliphatic rings. The molecule has 2 rings (SSSR count). The van der Waals surface area contributed by atoms with Gasteiger partial charge in [-0.1, -0.05) is 0 Å². The van der Waals surface area contributed by atoms with Crippen LogP contribution in [0.1, 0.15) is 5.56 Å². The zero-order chi connectivity index (χ0) is 12.6. The number of aromatic amines is 2.